The van der Waals surface area contributed by atoms with Crippen LogP contribution >= 0.6 is 0 Å². The minimum Gasteiger partial charge on any atom is -0.459 e. The van der Waals surface area contributed by atoms with Gasteiger partial charge in [-0.05, 0) is 82.9 Å². The topological polar surface area (TPSA) is 94.2 Å². The zero-order chi connectivity index (χ0) is 28.8. The van der Waals surface area contributed by atoms with E-state index in [2.05, 4.69) is 17.2 Å². The Labute approximate surface area is 233 Å². The second-order valence-corrected chi connectivity index (χ2v) is 11.8. The number of likely N-dealkylation sites (tertiary alicyclic amines) is 1. The average molecular weight is 541 g/mol. The van der Waals surface area contributed by atoms with E-state index in [0.717, 1.165) is 24.0 Å². The molecule has 1 N–H and O–H groups in total. The van der Waals surface area contributed by atoms with Crippen molar-refractivity contribution in [2.24, 2.45) is 11.8 Å². The van der Waals surface area contributed by atoms with E-state index in [4.69, 9.17) is 14.2 Å². The van der Waals surface area contributed by atoms with Crippen LogP contribution in [0.15, 0.2) is 24.3 Å². The highest BCUT2D eigenvalue weighted by Gasteiger charge is 2.54. The molecule has 8 nitrogen and oxygen atoms in total. The lowest BCUT2D eigenvalue weighted by molar-refractivity contribution is -0.167. The number of hydrogen-bond donors (Lipinski definition) is 1. The van der Waals surface area contributed by atoms with Gasteiger partial charge >= 0.3 is 18.0 Å². The minimum atomic E-state index is -1.06. The fourth-order valence-electron chi connectivity index (χ4n) is 5.63. The van der Waals surface area contributed by atoms with Crippen LogP contribution in [0, 0.1) is 30.6 Å². The van der Waals surface area contributed by atoms with Crippen molar-refractivity contribution < 1.29 is 28.6 Å². The summed E-state index contributed by atoms with van der Waals surface area (Å²) in [6.45, 7) is 11.8. The van der Waals surface area contributed by atoms with Gasteiger partial charge in [0, 0.05) is 24.1 Å². The van der Waals surface area contributed by atoms with Crippen molar-refractivity contribution in [3.8, 4) is 11.8 Å². The summed E-state index contributed by atoms with van der Waals surface area (Å²) < 4.78 is 16.9. The third kappa shape index (κ3) is 7.76. The highest BCUT2D eigenvalue weighted by molar-refractivity contribution is 5.79. The van der Waals surface area contributed by atoms with Crippen LogP contribution in [0.5, 0.6) is 0 Å². The molecule has 1 saturated carbocycles. The molecule has 1 aliphatic heterocycles. The Balaban J connectivity index is 1.92. The number of aryl methyl sites for hydroxylation is 1. The molecule has 1 saturated heterocycles. The van der Waals surface area contributed by atoms with Crippen molar-refractivity contribution >= 4 is 18.0 Å². The third-order valence-electron chi connectivity index (χ3n) is 7.67. The summed E-state index contributed by atoms with van der Waals surface area (Å²) >= 11 is 0. The first kappa shape index (κ1) is 30.5. The number of ether oxygens (including phenoxy) is 3. The molecule has 1 aliphatic carbocycles. The van der Waals surface area contributed by atoms with Crippen molar-refractivity contribution in [1.29, 1.82) is 0 Å². The number of benzene rings is 1. The Morgan fingerprint density at radius 1 is 1.23 bits per heavy atom. The van der Waals surface area contributed by atoms with Gasteiger partial charge in [-0.1, -0.05) is 38.3 Å². The molecule has 8 heteroatoms. The molecule has 0 spiro atoms. The number of fused-ring (bicyclic) bond motifs is 1. The first-order chi connectivity index (χ1) is 18.4. The summed E-state index contributed by atoms with van der Waals surface area (Å²) in [6.07, 6.45) is 3.14. The molecule has 1 heterocycles. The van der Waals surface area contributed by atoms with E-state index in [1.807, 2.05) is 45.0 Å². The van der Waals surface area contributed by atoms with E-state index < -0.39 is 29.2 Å². The molecule has 2 fully saturated rings. The predicted molar refractivity (Wildman–Crippen MR) is 149 cm³/mol. The van der Waals surface area contributed by atoms with E-state index in [1.165, 1.54) is 7.11 Å². The van der Waals surface area contributed by atoms with Crippen molar-refractivity contribution in [1.82, 2.24) is 10.2 Å². The van der Waals surface area contributed by atoms with Crippen molar-refractivity contribution in [3.63, 3.8) is 0 Å². The zero-order valence-corrected chi connectivity index (χ0v) is 24.5. The van der Waals surface area contributed by atoms with E-state index in [1.54, 1.807) is 25.7 Å². The normalized spacial score (nSPS) is 24.0. The second-order valence-electron chi connectivity index (χ2n) is 11.8. The molecule has 3 rings (SSSR count). The van der Waals surface area contributed by atoms with Gasteiger partial charge < -0.3 is 19.1 Å². The van der Waals surface area contributed by atoms with Crippen molar-refractivity contribution in [2.45, 2.75) is 96.9 Å². The summed E-state index contributed by atoms with van der Waals surface area (Å²) in [5.74, 6) is 5.55. The summed E-state index contributed by atoms with van der Waals surface area (Å²) in [7, 11) is 1.39. The van der Waals surface area contributed by atoms with E-state index in [0.29, 0.717) is 25.8 Å². The maximum atomic E-state index is 13.8. The van der Waals surface area contributed by atoms with Crippen LogP contribution in [0.25, 0.3) is 0 Å². The molecule has 0 radical (unpaired) electrons. The number of nitrogens with zero attached hydrogens (tertiary/aromatic N) is 1. The lowest BCUT2D eigenvalue weighted by atomic mass is 9.72. The standard InChI is InChI=1S/C31H44N2O6/c1-8-22(3)27(32-20-26(34)38-30(4,5)6)28(35)39-31(17-14-23-12-9-11-21(2)19-23)16-10-13-25-24(31)15-18-33(25)29(36)37-7/h9,11-12,19,22,24-25,27,32H,8,10,13,15-16,18,20H2,1-7H3/t22-,24+,25+,27-,31+/m0/s1. The summed E-state index contributed by atoms with van der Waals surface area (Å²) in [6, 6.07) is 7.07. The van der Waals surface area contributed by atoms with E-state index >= 15 is 0 Å². The average Bonchev–Trinajstić information content (AvgIpc) is 3.31. The zero-order valence-electron chi connectivity index (χ0n) is 24.5. The molecule has 1 aromatic rings. The fourth-order valence-corrected chi connectivity index (χ4v) is 5.63. The maximum Gasteiger partial charge on any atom is 0.409 e. The number of rotatable bonds is 7. The molecule has 1 amide bonds. The third-order valence-corrected chi connectivity index (χ3v) is 7.67. The molecule has 0 unspecified atom stereocenters. The number of esters is 2. The molecule has 214 valence electrons. The Kier molecular flexibility index (Phi) is 10.1. The molecule has 39 heavy (non-hydrogen) atoms. The number of methoxy groups -OCH3 is 1. The summed E-state index contributed by atoms with van der Waals surface area (Å²) in [5.41, 5.74) is 0.254. The lowest BCUT2D eigenvalue weighted by Crippen LogP contribution is -2.55. The largest absolute Gasteiger partial charge is 0.459 e. The van der Waals surface area contributed by atoms with Crippen LogP contribution in [0.2, 0.25) is 0 Å². The van der Waals surface area contributed by atoms with Gasteiger partial charge in [0.1, 0.15) is 11.6 Å². The van der Waals surface area contributed by atoms with Crippen LogP contribution in [0.1, 0.15) is 77.8 Å². The first-order valence-electron chi connectivity index (χ1n) is 14.0. The Morgan fingerprint density at radius 3 is 2.62 bits per heavy atom. The Hall–Kier alpha value is -3.05. The van der Waals surface area contributed by atoms with Gasteiger partial charge in [-0.3, -0.25) is 14.9 Å². The van der Waals surface area contributed by atoms with E-state index in [-0.39, 0.29) is 30.5 Å². The smallest absolute Gasteiger partial charge is 0.409 e. The van der Waals surface area contributed by atoms with Gasteiger partial charge in [-0.15, -0.1) is 0 Å². The molecule has 0 aromatic heterocycles. The first-order valence-corrected chi connectivity index (χ1v) is 14.0. The summed E-state index contributed by atoms with van der Waals surface area (Å²) in [5, 5.41) is 3.09. The van der Waals surface area contributed by atoms with Gasteiger partial charge in [-0.25, -0.2) is 4.79 Å². The highest BCUT2D eigenvalue weighted by atomic mass is 16.6. The lowest BCUT2D eigenvalue weighted by Gasteiger charge is -2.43. The molecular formula is C31H44N2O6. The minimum absolute atomic E-state index is 0.0868. The quantitative estimate of drug-likeness (QED) is 0.307. The number of amides is 1. The van der Waals surface area contributed by atoms with Crippen molar-refractivity contribution in [3.05, 3.63) is 35.4 Å². The molecule has 5 atom stereocenters. The van der Waals surface area contributed by atoms with Gasteiger partial charge in [-0.2, -0.15) is 0 Å². The van der Waals surface area contributed by atoms with Crippen LogP contribution < -0.4 is 5.32 Å². The number of carbonyl (C=O) groups is 3. The van der Waals surface area contributed by atoms with Gasteiger partial charge in [0.2, 0.25) is 0 Å². The van der Waals surface area contributed by atoms with Crippen LogP contribution in [-0.4, -0.2) is 66.4 Å². The van der Waals surface area contributed by atoms with Gasteiger partial charge in [0.05, 0.1) is 13.7 Å². The van der Waals surface area contributed by atoms with E-state index in [9.17, 15) is 14.4 Å². The monoisotopic (exact) mass is 540 g/mol. The maximum absolute atomic E-state index is 13.8. The molecular weight excluding hydrogens is 496 g/mol. The van der Waals surface area contributed by atoms with Crippen LogP contribution in [-0.2, 0) is 23.8 Å². The summed E-state index contributed by atoms with van der Waals surface area (Å²) in [4.78, 5) is 40.5. The van der Waals surface area contributed by atoms with Crippen molar-refractivity contribution in [2.75, 3.05) is 20.2 Å². The van der Waals surface area contributed by atoms with Gasteiger partial charge in [0.25, 0.3) is 0 Å². The predicted octanol–water partition coefficient (Wildman–Crippen LogP) is 4.62. The second kappa shape index (κ2) is 12.9. The number of hydrogen-bond acceptors (Lipinski definition) is 7. The Bertz CT molecular complexity index is 1100. The van der Waals surface area contributed by atoms with Crippen LogP contribution in [0.3, 0.4) is 0 Å². The van der Waals surface area contributed by atoms with Gasteiger partial charge in [0.15, 0.2) is 5.60 Å². The fraction of sp³-hybridized carbons (Fsp3) is 0.645. The highest BCUT2D eigenvalue weighted by Crippen LogP contribution is 2.45. The number of nitrogens with one attached hydrogen (secondary N) is 1. The SMILES string of the molecule is CC[C@H](C)[C@H](NCC(=O)OC(C)(C)C)C(=O)O[C@@]1(C#Cc2cccc(C)c2)CCC[C@@H]2[C@H]1CCN2C(=O)OC. The molecule has 0 bridgehead atoms. The molecule has 2 aliphatic rings. The molecule has 1 aromatic carbocycles. The van der Waals surface area contributed by atoms with Crippen LogP contribution in [0.4, 0.5) is 4.79 Å². The Morgan fingerprint density at radius 2 is 1.97 bits per heavy atom. The number of carbonyl (C=O) groups excluding carboxylic acids is 3.